The Kier molecular flexibility index (Phi) is 6.26. The van der Waals surface area contributed by atoms with Crippen LogP contribution < -0.4 is 0 Å². The number of likely N-dealkylation sites (N-methyl/N-ethyl adjacent to an activating group) is 1. The van der Waals surface area contributed by atoms with Crippen molar-refractivity contribution in [2.24, 2.45) is 0 Å². The molecule has 0 unspecified atom stereocenters. The highest BCUT2D eigenvalue weighted by Gasteiger charge is 2.20. The van der Waals surface area contributed by atoms with Crippen molar-refractivity contribution >= 4 is 5.91 Å². The summed E-state index contributed by atoms with van der Waals surface area (Å²) >= 11 is 0. The van der Waals surface area contributed by atoms with E-state index in [-0.39, 0.29) is 5.91 Å². The zero-order valence-electron chi connectivity index (χ0n) is 13.2. The first kappa shape index (κ1) is 15.7. The van der Waals surface area contributed by atoms with Gasteiger partial charge in [-0.25, -0.2) is 0 Å². The zero-order chi connectivity index (χ0) is 14.4. The fraction of sp³-hybridized carbons (Fsp3) is 0.933. The molecule has 2 rings (SSSR count). The first-order valence-corrected chi connectivity index (χ1v) is 8.02. The molecule has 0 N–H and O–H groups in total. The fourth-order valence-corrected chi connectivity index (χ4v) is 2.97. The van der Waals surface area contributed by atoms with E-state index >= 15 is 0 Å². The minimum absolute atomic E-state index is 0.215. The molecule has 2 aliphatic heterocycles. The number of hydrogen-bond acceptors (Lipinski definition) is 4. The average molecular weight is 282 g/mol. The lowest BCUT2D eigenvalue weighted by molar-refractivity contribution is -0.130. The molecule has 0 aromatic rings. The summed E-state index contributed by atoms with van der Waals surface area (Å²) in [5.74, 6) is 0.215. The maximum Gasteiger partial charge on any atom is 0.236 e. The summed E-state index contributed by atoms with van der Waals surface area (Å²) in [6.07, 6.45) is 4.16. The van der Waals surface area contributed by atoms with Crippen molar-refractivity contribution in [3.8, 4) is 0 Å². The molecule has 20 heavy (non-hydrogen) atoms. The van der Waals surface area contributed by atoms with E-state index in [4.69, 9.17) is 0 Å². The summed E-state index contributed by atoms with van der Waals surface area (Å²) in [6.45, 7) is 9.83. The predicted molar refractivity (Wildman–Crippen MR) is 81.9 cm³/mol. The second-order valence-electron chi connectivity index (χ2n) is 6.31. The number of nitrogens with zero attached hydrogens (tertiary/aromatic N) is 4. The van der Waals surface area contributed by atoms with Gasteiger partial charge >= 0.3 is 0 Å². The summed E-state index contributed by atoms with van der Waals surface area (Å²) in [6, 6.07) is 0. The van der Waals surface area contributed by atoms with Crippen molar-refractivity contribution in [1.82, 2.24) is 19.6 Å². The van der Waals surface area contributed by atoms with Crippen LogP contribution in [-0.2, 0) is 4.79 Å². The monoisotopic (exact) mass is 282 g/mol. The molecule has 0 atom stereocenters. The summed E-state index contributed by atoms with van der Waals surface area (Å²) in [4.78, 5) is 20.8. The molecule has 2 heterocycles. The fourth-order valence-electron chi connectivity index (χ4n) is 2.97. The van der Waals surface area contributed by atoms with Gasteiger partial charge < -0.3 is 9.80 Å². The summed E-state index contributed by atoms with van der Waals surface area (Å²) in [5.41, 5.74) is 0. The van der Waals surface area contributed by atoms with Gasteiger partial charge in [0.2, 0.25) is 5.91 Å². The Morgan fingerprint density at radius 2 is 1.30 bits per heavy atom. The Balaban J connectivity index is 1.60. The highest BCUT2D eigenvalue weighted by Crippen LogP contribution is 2.09. The van der Waals surface area contributed by atoms with Gasteiger partial charge in [0.15, 0.2) is 0 Å². The number of rotatable bonds is 5. The van der Waals surface area contributed by atoms with E-state index in [1.54, 1.807) is 4.90 Å². The third-order valence-electron chi connectivity index (χ3n) is 4.50. The number of hydrogen-bond donors (Lipinski definition) is 0. The Labute approximate surface area is 123 Å². The molecule has 116 valence electrons. The largest absolute Gasteiger partial charge is 0.348 e. The van der Waals surface area contributed by atoms with E-state index in [1.807, 2.05) is 14.1 Å². The summed E-state index contributed by atoms with van der Waals surface area (Å²) < 4.78 is 0. The number of carbonyl (C=O) groups excluding carboxylic acids is 1. The summed E-state index contributed by atoms with van der Waals surface area (Å²) in [5, 5.41) is 0. The lowest BCUT2D eigenvalue weighted by Crippen LogP contribution is -2.50. The van der Waals surface area contributed by atoms with Gasteiger partial charge in [0, 0.05) is 53.4 Å². The van der Waals surface area contributed by atoms with Gasteiger partial charge in [-0.1, -0.05) is 6.42 Å². The SMILES string of the molecule is CN(C)C(=O)CN1CCN(CCN2CCCCC2)CC1. The number of amides is 1. The molecule has 1 amide bonds. The smallest absolute Gasteiger partial charge is 0.236 e. The van der Waals surface area contributed by atoms with Crippen LogP contribution in [0.25, 0.3) is 0 Å². The van der Waals surface area contributed by atoms with Crippen LogP contribution in [-0.4, -0.2) is 98.5 Å². The maximum atomic E-state index is 11.7. The molecule has 2 saturated heterocycles. The van der Waals surface area contributed by atoms with E-state index in [9.17, 15) is 4.79 Å². The minimum Gasteiger partial charge on any atom is -0.348 e. The highest BCUT2D eigenvalue weighted by molar-refractivity contribution is 5.77. The molecule has 2 fully saturated rings. The number of likely N-dealkylation sites (tertiary alicyclic amines) is 1. The predicted octanol–water partition coefficient (Wildman–Crippen LogP) is 0.178. The second-order valence-corrected chi connectivity index (χ2v) is 6.31. The molecule has 0 spiro atoms. The van der Waals surface area contributed by atoms with Gasteiger partial charge in [0.25, 0.3) is 0 Å². The van der Waals surface area contributed by atoms with Gasteiger partial charge in [0.05, 0.1) is 6.54 Å². The Hall–Kier alpha value is -0.650. The lowest BCUT2D eigenvalue weighted by atomic mass is 10.1. The standard InChI is InChI=1S/C15H30N4O/c1-16(2)15(20)14-19-12-10-18(11-13-19)9-8-17-6-4-3-5-7-17/h3-14H2,1-2H3. The Morgan fingerprint density at radius 3 is 1.85 bits per heavy atom. The van der Waals surface area contributed by atoms with Crippen LogP contribution in [0.5, 0.6) is 0 Å². The van der Waals surface area contributed by atoms with Gasteiger partial charge in [-0.15, -0.1) is 0 Å². The van der Waals surface area contributed by atoms with Gasteiger partial charge in [-0.3, -0.25) is 14.6 Å². The van der Waals surface area contributed by atoms with Crippen LogP contribution >= 0.6 is 0 Å². The van der Waals surface area contributed by atoms with Crippen LogP contribution in [0.2, 0.25) is 0 Å². The molecule has 2 aliphatic rings. The topological polar surface area (TPSA) is 30.0 Å². The minimum atomic E-state index is 0.215. The first-order chi connectivity index (χ1) is 9.65. The molecule has 5 nitrogen and oxygen atoms in total. The van der Waals surface area contributed by atoms with Crippen LogP contribution in [0.4, 0.5) is 0 Å². The molecule has 0 bridgehead atoms. The molecular formula is C15H30N4O. The second kappa shape index (κ2) is 7.96. The normalized spacial score (nSPS) is 22.9. The van der Waals surface area contributed by atoms with Crippen LogP contribution in [0.1, 0.15) is 19.3 Å². The Morgan fingerprint density at radius 1 is 0.800 bits per heavy atom. The number of piperazine rings is 1. The van der Waals surface area contributed by atoms with Crippen molar-refractivity contribution in [2.45, 2.75) is 19.3 Å². The van der Waals surface area contributed by atoms with Crippen molar-refractivity contribution in [3.63, 3.8) is 0 Å². The Bertz CT molecular complexity index is 294. The van der Waals surface area contributed by atoms with E-state index in [2.05, 4.69) is 14.7 Å². The van der Waals surface area contributed by atoms with E-state index < -0.39 is 0 Å². The van der Waals surface area contributed by atoms with Crippen LogP contribution in [0.15, 0.2) is 0 Å². The van der Waals surface area contributed by atoms with Crippen LogP contribution in [0, 0.1) is 0 Å². The molecular weight excluding hydrogens is 252 g/mol. The molecule has 0 aliphatic carbocycles. The highest BCUT2D eigenvalue weighted by atomic mass is 16.2. The maximum absolute atomic E-state index is 11.7. The lowest BCUT2D eigenvalue weighted by Gasteiger charge is -2.36. The molecule has 0 aromatic heterocycles. The van der Waals surface area contributed by atoms with E-state index in [1.165, 1.54) is 45.4 Å². The third kappa shape index (κ3) is 5.04. The molecule has 5 heteroatoms. The van der Waals surface area contributed by atoms with Crippen LogP contribution in [0.3, 0.4) is 0 Å². The van der Waals surface area contributed by atoms with E-state index in [0.717, 1.165) is 26.2 Å². The van der Waals surface area contributed by atoms with Crippen molar-refractivity contribution in [1.29, 1.82) is 0 Å². The number of piperidine rings is 1. The average Bonchev–Trinajstić information content (AvgIpc) is 2.47. The molecule has 0 saturated carbocycles. The first-order valence-electron chi connectivity index (χ1n) is 8.02. The van der Waals surface area contributed by atoms with Crippen molar-refractivity contribution < 1.29 is 4.79 Å². The molecule has 0 radical (unpaired) electrons. The van der Waals surface area contributed by atoms with Gasteiger partial charge in [-0.05, 0) is 25.9 Å². The van der Waals surface area contributed by atoms with Crippen molar-refractivity contribution in [2.75, 3.05) is 73.0 Å². The van der Waals surface area contributed by atoms with Gasteiger partial charge in [-0.2, -0.15) is 0 Å². The van der Waals surface area contributed by atoms with Gasteiger partial charge in [0.1, 0.15) is 0 Å². The molecule has 0 aromatic carbocycles. The number of carbonyl (C=O) groups is 1. The summed E-state index contributed by atoms with van der Waals surface area (Å²) in [7, 11) is 3.66. The zero-order valence-corrected chi connectivity index (χ0v) is 13.2. The van der Waals surface area contributed by atoms with Crippen molar-refractivity contribution in [3.05, 3.63) is 0 Å². The quantitative estimate of drug-likeness (QED) is 0.719. The van der Waals surface area contributed by atoms with E-state index in [0.29, 0.717) is 6.54 Å². The third-order valence-corrected chi connectivity index (χ3v) is 4.50.